The standard InChI is InChI=1S/C11H7ClN4O/c12-9-8-7(3-14-10(8)16-5-15-9)11(4-13)1-6(17)2-11/h3,5H,1-2H2,(H,14,15,16). The summed E-state index contributed by atoms with van der Waals surface area (Å²) >= 11 is 6.02. The third-order valence-electron chi connectivity index (χ3n) is 3.15. The average Bonchev–Trinajstić information content (AvgIpc) is 2.70. The Balaban J connectivity index is 2.25. The number of H-pyrrole nitrogens is 1. The number of carbonyl (C=O) groups excluding carboxylic acids is 1. The first-order chi connectivity index (χ1) is 8.16. The summed E-state index contributed by atoms with van der Waals surface area (Å²) in [6.07, 6.45) is 3.53. The molecule has 0 aliphatic heterocycles. The van der Waals surface area contributed by atoms with E-state index in [0.717, 1.165) is 5.56 Å². The number of rotatable bonds is 1. The largest absolute Gasteiger partial charge is 0.346 e. The molecule has 0 saturated heterocycles. The number of hydrogen-bond acceptors (Lipinski definition) is 4. The van der Waals surface area contributed by atoms with Crippen LogP contribution in [0.25, 0.3) is 11.0 Å². The number of fused-ring (bicyclic) bond motifs is 1. The maximum absolute atomic E-state index is 11.2. The van der Waals surface area contributed by atoms with Crippen molar-refractivity contribution >= 4 is 28.4 Å². The molecular weight excluding hydrogens is 240 g/mol. The van der Waals surface area contributed by atoms with Gasteiger partial charge in [-0.1, -0.05) is 11.6 Å². The van der Waals surface area contributed by atoms with Gasteiger partial charge in [-0.25, -0.2) is 9.97 Å². The second-order valence-electron chi connectivity index (χ2n) is 4.18. The van der Waals surface area contributed by atoms with Crippen LogP contribution in [-0.2, 0) is 10.2 Å². The van der Waals surface area contributed by atoms with Gasteiger partial charge in [0.25, 0.3) is 0 Å². The fraction of sp³-hybridized carbons (Fsp3) is 0.273. The Morgan fingerprint density at radius 2 is 2.24 bits per heavy atom. The molecule has 1 saturated carbocycles. The summed E-state index contributed by atoms with van der Waals surface area (Å²) in [6.45, 7) is 0. The summed E-state index contributed by atoms with van der Waals surface area (Å²) in [5, 5.41) is 10.2. The lowest BCUT2D eigenvalue weighted by atomic mass is 9.65. The van der Waals surface area contributed by atoms with Crippen LogP contribution >= 0.6 is 11.6 Å². The number of Topliss-reactive ketones (excluding diaryl/α,β-unsaturated/α-hetero) is 1. The molecule has 1 aliphatic carbocycles. The van der Waals surface area contributed by atoms with Crippen molar-refractivity contribution in [3.63, 3.8) is 0 Å². The van der Waals surface area contributed by atoms with Crippen molar-refractivity contribution in [2.75, 3.05) is 0 Å². The SMILES string of the molecule is N#CC1(c2c[nH]c3ncnc(Cl)c23)CC(=O)C1. The van der Waals surface area contributed by atoms with Crippen LogP contribution in [0.3, 0.4) is 0 Å². The number of carbonyl (C=O) groups is 1. The van der Waals surface area contributed by atoms with E-state index in [9.17, 15) is 10.1 Å². The second kappa shape index (κ2) is 3.28. The van der Waals surface area contributed by atoms with E-state index in [1.165, 1.54) is 6.33 Å². The molecule has 3 rings (SSSR count). The molecule has 1 N–H and O–H groups in total. The minimum absolute atomic E-state index is 0.0915. The second-order valence-corrected chi connectivity index (χ2v) is 4.53. The molecule has 17 heavy (non-hydrogen) atoms. The maximum Gasteiger partial charge on any atom is 0.142 e. The van der Waals surface area contributed by atoms with Crippen LogP contribution in [0.4, 0.5) is 0 Å². The molecule has 0 atom stereocenters. The molecule has 0 radical (unpaired) electrons. The van der Waals surface area contributed by atoms with E-state index in [1.54, 1.807) is 6.20 Å². The van der Waals surface area contributed by atoms with Crippen LogP contribution in [0.2, 0.25) is 5.15 Å². The van der Waals surface area contributed by atoms with Gasteiger partial charge in [0, 0.05) is 24.6 Å². The predicted molar refractivity (Wildman–Crippen MR) is 60.4 cm³/mol. The van der Waals surface area contributed by atoms with Crippen molar-refractivity contribution in [3.8, 4) is 6.07 Å². The number of hydrogen-bond donors (Lipinski definition) is 1. The average molecular weight is 247 g/mol. The highest BCUT2D eigenvalue weighted by atomic mass is 35.5. The number of nitrogens with one attached hydrogen (secondary N) is 1. The van der Waals surface area contributed by atoms with Gasteiger partial charge in [0.05, 0.1) is 16.9 Å². The van der Waals surface area contributed by atoms with Crippen molar-refractivity contribution in [1.29, 1.82) is 5.26 Å². The fourth-order valence-electron chi connectivity index (χ4n) is 2.25. The number of halogens is 1. The van der Waals surface area contributed by atoms with Gasteiger partial charge in [0.1, 0.15) is 22.9 Å². The summed E-state index contributed by atoms with van der Waals surface area (Å²) in [7, 11) is 0. The fourth-order valence-corrected chi connectivity index (χ4v) is 2.49. The van der Waals surface area contributed by atoms with E-state index in [2.05, 4.69) is 21.0 Å². The minimum atomic E-state index is -0.760. The Hall–Kier alpha value is -1.93. The summed E-state index contributed by atoms with van der Waals surface area (Å²) in [6, 6.07) is 2.21. The van der Waals surface area contributed by atoms with E-state index in [1.807, 2.05) is 0 Å². The van der Waals surface area contributed by atoms with Crippen molar-refractivity contribution in [3.05, 3.63) is 23.2 Å². The lowest BCUT2D eigenvalue weighted by Crippen LogP contribution is -2.40. The first-order valence-electron chi connectivity index (χ1n) is 5.07. The maximum atomic E-state index is 11.2. The van der Waals surface area contributed by atoms with Gasteiger partial charge in [-0.05, 0) is 0 Å². The van der Waals surface area contributed by atoms with Crippen LogP contribution in [0.15, 0.2) is 12.5 Å². The molecule has 0 amide bonds. The zero-order chi connectivity index (χ0) is 12.0. The van der Waals surface area contributed by atoms with Gasteiger partial charge in [0.2, 0.25) is 0 Å². The Morgan fingerprint density at radius 3 is 2.88 bits per heavy atom. The highest BCUT2D eigenvalue weighted by Gasteiger charge is 2.47. The van der Waals surface area contributed by atoms with E-state index in [0.29, 0.717) is 16.2 Å². The van der Waals surface area contributed by atoms with Crippen molar-refractivity contribution < 1.29 is 4.79 Å². The zero-order valence-corrected chi connectivity index (χ0v) is 9.45. The number of aromatic nitrogens is 3. The zero-order valence-electron chi connectivity index (χ0n) is 8.70. The Bertz CT molecular complexity index is 662. The van der Waals surface area contributed by atoms with Crippen molar-refractivity contribution in [1.82, 2.24) is 15.0 Å². The van der Waals surface area contributed by atoms with Gasteiger partial charge in [-0.3, -0.25) is 4.79 Å². The number of aromatic amines is 1. The highest BCUT2D eigenvalue weighted by Crippen LogP contribution is 2.44. The third-order valence-corrected chi connectivity index (χ3v) is 3.44. The van der Waals surface area contributed by atoms with E-state index in [4.69, 9.17) is 11.6 Å². The first kappa shape index (κ1) is 10.2. The summed E-state index contributed by atoms with van der Waals surface area (Å²) in [5.41, 5.74) is 0.554. The number of nitriles is 1. The van der Waals surface area contributed by atoms with Gasteiger partial charge in [-0.2, -0.15) is 5.26 Å². The highest BCUT2D eigenvalue weighted by molar-refractivity contribution is 6.34. The van der Waals surface area contributed by atoms with Crippen LogP contribution in [-0.4, -0.2) is 20.7 Å². The molecule has 0 bridgehead atoms. The van der Waals surface area contributed by atoms with Crippen LogP contribution in [0, 0.1) is 11.3 Å². The Kier molecular flexibility index (Phi) is 1.98. The lowest BCUT2D eigenvalue weighted by Gasteiger charge is -2.33. The molecule has 0 spiro atoms. The Morgan fingerprint density at radius 1 is 1.47 bits per heavy atom. The van der Waals surface area contributed by atoms with Crippen LogP contribution in [0.1, 0.15) is 18.4 Å². The first-order valence-corrected chi connectivity index (χ1v) is 5.45. The molecule has 84 valence electrons. The predicted octanol–water partition coefficient (Wildman–Crippen LogP) is 1.74. The quantitative estimate of drug-likeness (QED) is 0.777. The van der Waals surface area contributed by atoms with Gasteiger partial charge in [-0.15, -0.1) is 0 Å². The Labute approximate surface area is 101 Å². The summed E-state index contributed by atoms with van der Waals surface area (Å²) in [5.74, 6) is 0.0915. The molecule has 2 aromatic rings. The molecule has 1 fully saturated rings. The number of nitrogens with zero attached hydrogens (tertiary/aromatic N) is 3. The van der Waals surface area contributed by atoms with Crippen molar-refractivity contribution in [2.45, 2.75) is 18.3 Å². The van der Waals surface area contributed by atoms with Crippen LogP contribution < -0.4 is 0 Å². The van der Waals surface area contributed by atoms with E-state index < -0.39 is 5.41 Å². The van der Waals surface area contributed by atoms with E-state index in [-0.39, 0.29) is 18.6 Å². The molecule has 2 aromatic heterocycles. The molecule has 2 heterocycles. The van der Waals surface area contributed by atoms with Gasteiger partial charge in [0.15, 0.2) is 0 Å². The van der Waals surface area contributed by atoms with Crippen molar-refractivity contribution in [2.24, 2.45) is 0 Å². The minimum Gasteiger partial charge on any atom is -0.346 e. The summed E-state index contributed by atoms with van der Waals surface area (Å²) < 4.78 is 0. The van der Waals surface area contributed by atoms with Crippen LogP contribution in [0.5, 0.6) is 0 Å². The monoisotopic (exact) mass is 246 g/mol. The molecule has 6 heteroatoms. The molecular formula is C11H7ClN4O. The smallest absolute Gasteiger partial charge is 0.142 e. The topological polar surface area (TPSA) is 82.4 Å². The van der Waals surface area contributed by atoms with E-state index >= 15 is 0 Å². The normalized spacial score (nSPS) is 17.8. The summed E-state index contributed by atoms with van der Waals surface area (Å²) in [4.78, 5) is 22.1. The molecule has 5 nitrogen and oxygen atoms in total. The lowest BCUT2D eigenvalue weighted by molar-refractivity contribution is -0.126. The number of ketones is 1. The molecule has 1 aliphatic rings. The third kappa shape index (κ3) is 1.28. The van der Waals surface area contributed by atoms with Gasteiger partial charge < -0.3 is 4.98 Å². The van der Waals surface area contributed by atoms with Gasteiger partial charge >= 0.3 is 0 Å². The molecule has 0 aromatic carbocycles. The molecule has 0 unspecified atom stereocenters.